The van der Waals surface area contributed by atoms with E-state index in [0.717, 1.165) is 13.0 Å². The summed E-state index contributed by atoms with van der Waals surface area (Å²) in [6.45, 7) is 5.54. The van der Waals surface area contributed by atoms with Crippen LogP contribution in [-0.4, -0.2) is 35.6 Å². The van der Waals surface area contributed by atoms with Gasteiger partial charge in [-0.15, -0.1) is 0 Å². The molecular formula is C12H23NO2. The number of carboxylic acids is 1. The lowest BCUT2D eigenvalue weighted by molar-refractivity contribution is -0.137. The fourth-order valence-corrected chi connectivity index (χ4v) is 2.44. The molecule has 0 heterocycles. The van der Waals surface area contributed by atoms with Crippen molar-refractivity contribution in [3.05, 3.63) is 0 Å². The molecule has 1 atom stereocenters. The van der Waals surface area contributed by atoms with E-state index >= 15 is 0 Å². The minimum Gasteiger partial charge on any atom is -0.481 e. The highest BCUT2D eigenvalue weighted by Gasteiger charge is 2.32. The molecule has 88 valence electrons. The third-order valence-corrected chi connectivity index (χ3v) is 3.47. The SMILES string of the molecule is CN(CCCC(=O)O)C1CCC(C)(C)C1. The summed E-state index contributed by atoms with van der Waals surface area (Å²) in [5.41, 5.74) is 0.478. The van der Waals surface area contributed by atoms with Crippen LogP contribution in [0.4, 0.5) is 0 Å². The minimum atomic E-state index is -0.685. The lowest BCUT2D eigenvalue weighted by atomic mass is 9.91. The van der Waals surface area contributed by atoms with Gasteiger partial charge in [0.15, 0.2) is 0 Å². The molecule has 1 saturated carbocycles. The topological polar surface area (TPSA) is 40.5 Å². The van der Waals surface area contributed by atoms with Crippen molar-refractivity contribution in [2.45, 2.75) is 52.0 Å². The largest absolute Gasteiger partial charge is 0.481 e. The van der Waals surface area contributed by atoms with Crippen molar-refractivity contribution < 1.29 is 9.90 Å². The average molecular weight is 213 g/mol. The Bertz CT molecular complexity index is 226. The Morgan fingerprint density at radius 1 is 1.53 bits per heavy atom. The highest BCUT2D eigenvalue weighted by Crippen LogP contribution is 2.38. The van der Waals surface area contributed by atoms with Gasteiger partial charge in [-0.05, 0) is 44.7 Å². The molecule has 1 unspecified atom stereocenters. The number of nitrogens with zero attached hydrogens (tertiary/aromatic N) is 1. The molecule has 3 heteroatoms. The lowest BCUT2D eigenvalue weighted by Gasteiger charge is -2.25. The van der Waals surface area contributed by atoms with Crippen LogP contribution in [0, 0.1) is 5.41 Å². The Morgan fingerprint density at radius 3 is 2.67 bits per heavy atom. The second-order valence-electron chi connectivity index (χ2n) is 5.54. The maximum Gasteiger partial charge on any atom is 0.303 e. The average Bonchev–Trinajstić information content (AvgIpc) is 2.45. The molecule has 1 aliphatic rings. The van der Waals surface area contributed by atoms with E-state index < -0.39 is 5.97 Å². The van der Waals surface area contributed by atoms with Crippen LogP contribution in [0.15, 0.2) is 0 Å². The molecule has 0 aromatic rings. The molecule has 1 fully saturated rings. The van der Waals surface area contributed by atoms with Gasteiger partial charge in [0, 0.05) is 12.5 Å². The fraction of sp³-hybridized carbons (Fsp3) is 0.917. The van der Waals surface area contributed by atoms with Crippen LogP contribution in [-0.2, 0) is 4.79 Å². The van der Waals surface area contributed by atoms with Crippen LogP contribution < -0.4 is 0 Å². The lowest BCUT2D eigenvalue weighted by Crippen LogP contribution is -2.31. The summed E-state index contributed by atoms with van der Waals surface area (Å²) in [5.74, 6) is -0.685. The molecule has 3 nitrogen and oxygen atoms in total. The molecule has 0 bridgehead atoms. The standard InChI is InChI=1S/C12H23NO2/c1-12(2)7-6-10(9-12)13(3)8-4-5-11(14)15/h10H,4-9H2,1-3H3,(H,14,15). The maximum absolute atomic E-state index is 10.4. The zero-order valence-corrected chi connectivity index (χ0v) is 10.1. The Morgan fingerprint density at radius 2 is 2.20 bits per heavy atom. The first kappa shape index (κ1) is 12.5. The van der Waals surface area contributed by atoms with E-state index in [4.69, 9.17) is 5.11 Å². The van der Waals surface area contributed by atoms with Gasteiger partial charge in [0.05, 0.1) is 0 Å². The minimum absolute atomic E-state index is 0.292. The third kappa shape index (κ3) is 4.20. The Kier molecular flexibility index (Phi) is 4.14. The fourth-order valence-electron chi connectivity index (χ4n) is 2.44. The molecule has 0 spiro atoms. The van der Waals surface area contributed by atoms with E-state index in [0.29, 0.717) is 17.9 Å². The van der Waals surface area contributed by atoms with Gasteiger partial charge < -0.3 is 10.0 Å². The van der Waals surface area contributed by atoms with Crippen LogP contribution in [0.25, 0.3) is 0 Å². The molecular weight excluding hydrogens is 190 g/mol. The normalized spacial score (nSPS) is 24.7. The first-order valence-electron chi connectivity index (χ1n) is 5.83. The summed E-state index contributed by atoms with van der Waals surface area (Å²) >= 11 is 0. The highest BCUT2D eigenvalue weighted by atomic mass is 16.4. The summed E-state index contributed by atoms with van der Waals surface area (Å²) in [7, 11) is 2.12. The van der Waals surface area contributed by atoms with Crippen molar-refractivity contribution >= 4 is 5.97 Å². The zero-order chi connectivity index (χ0) is 11.5. The van der Waals surface area contributed by atoms with Gasteiger partial charge in [-0.2, -0.15) is 0 Å². The van der Waals surface area contributed by atoms with Gasteiger partial charge in [0.25, 0.3) is 0 Å². The quantitative estimate of drug-likeness (QED) is 0.762. The van der Waals surface area contributed by atoms with E-state index in [1.54, 1.807) is 0 Å². The molecule has 1 rings (SSSR count). The number of carbonyl (C=O) groups is 1. The smallest absolute Gasteiger partial charge is 0.303 e. The van der Waals surface area contributed by atoms with Gasteiger partial charge in [-0.1, -0.05) is 13.8 Å². The van der Waals surface area contributed by atoms with Crippen molar-refractivity contribution in [1.29, 1.82) is 0 Å². The van der Waals surface area contributed by atoms with E-state index in [-0.39, 0.29) is 0 Å². The van der Waals surface area contributed by atoms with Crippen LogP contribution in [0.1, 0.15) is 46.0 Å². The zero-order valence-electron chi connectivity index (χ0n) is 10.1. The first-order chi connectivity index (χ1) is 6.91. The van der Waals surface area contributed by atoms with Gasteiger partial charge in [0.2, 0.25) is 0 Å². The molecule has 0 amide bonds. The predicted molar refractivity (Wildman–Crippen MR) is 60.9 cm³/mol. The van der Waals surface area contributed by atoms with E-state index in [1.165, 1.54) is 19.3 Å². The molecule has 0 saturated heterocycles. The van der Waals surface area contributed by atoms with Gasteiger partial charge in [0.1, 0.15) is 0 Å². The van der Waals surface area contributed by atoms with Gasteiger partial charge >= 0.3 is 5.97 Å². The Hall–Kier alpha value is -0.570. The maximum atomic E-state index is 10.4. The summed E-state index contributed by atoms with van der Waals surface area (Å²) in [6, 6.07) is 0.661. The Labute approximate surface area is 92.5 Å². The number of rotatable bonds is 5. The summed E-state index contributed by atoms with van der Waals surface area (Å²) in [6.07, 6.45) is 4.86. The van der Waals surface area contributed by atoms with Gasteiger partial charge in [-0.3, -0.25) is 4.79 Å². The van der Waals surface area contributed by atoms with E-state index in [2.05, 4.69) is 25.8 Å². The number of aliphatic carboxylic acids is 1. The molecule has 1 aliphatic carbocycles. The van der Waals surface area contributed by atoms with Crippen molar-refractivity contribution in [2.75, 3.05) is 13.6 Å². The van der Waals surface area contributed by atoms with Crippen molar-refractivity contribution in [1.82, 2.24) is 4.90 Å². The summed E-state index contributed by atoms with van der Waals surface area (Å²) in [4.78, 5) is 12.7. The number of hydrogen-bond acceptors (Lipinski definition) is 2. The van der Waals surface area contributed by atoms with Crippen LogP contribution in [0.5, 0.6) is 0 Å². The van der Waals surface area contributed by atoms with Crippen molar-refractivity contribution in [2.24, 2.45) is 5.41 Å². The number of hydrogen-bond donors (Lipinski definition) is 1. The van der Waals surface area contributed by atoms with Crippen molar-refractivity contribution in [3.8, 4) is 0 Å². The summed E-state index contributed by atoms with van der Waals surface area (Å²) < 4.78 is 0. The number of carboxylic acid groups (broad SMARTS) is 1. The molecule has 0 aromatic carbocycles. The Balaban J connectivity index is 2.23. The van der Waals surface area contributed by atoms with Crippen LogP contribution >= 0.6 is 0 Å². The van der Waals surface area contributed by atoms with Crippen LogP contribution in [0.2, 0.25) is 0 Å². The third-order valence-electron chi connectivity index (χ3n) is 3.47. The molecule has 0 aliphatic heterocycles. The predicted octanol–water partition coefficient (Wildman–Crippen LogP) is 2.36. The van der Waals surface area contributed by atoms with Crippen molar-refractivity contribution in [3.63, 3.8) is 0 Å². The summed E-state index contributed by atoms with van der Waals surface area (Å²) in [5, 5.41) is 8.56. The van der Waals surface area contributed by atoms with Crippen LogP contribution in [0.3, 0.4) is 0 Å². The van der Waals surface area contributed by atoms with E-state index in [1.807, 2.05) is 0 Å². The molecule has 15 heavy (non-hydrogen) atoms. The molecule has 1 N–H and O–H groups in total. The molecule has 0 aromatic heterocycles. The monoisotopic (exact) mass is 213 g/mol. The molecule has 0 radical (unpaired) electrons. The second kappa shape index (κ2) is 4.97. The highest BCUT2D eigenvalue weighted by molar-refractivity contribution is 5.66. The second-order valence-corrected chi connectivity index (χ2v) is 5.54. The van der Waals surface area contributed by atoms with E-state index in [9.17, 15) is 4.79 Å². The van der Waals surface area contributed by atoms with Gasteiger partial charge in [-0.25, -0.2) is 0 Å². The first-order valence-corrected chi connectivity index (χ1v) is 5.83.